The minimum atomic E-state index is -1.03. The summed E-state index contributed by atoms with van der Waals surface area (Å²) >= 11 is 6.02. The molecule has 3 aromatic rings. The molecule has 0 fully saturated rings. The zero-order valence-electron chi connectivity index (χ0n) is 16.9. The molecule has 2 unspecified atom stereocenters. The predicted molar refractivity (Wildman–Crippen MR) is 114 cm³/mol. The van der Waals surface area contributed by atoms with E-state index in [1.807, 2.05) is 13.8 Å². The number of benzene rings is 2. The number of hydrogen-bond acceptors (Lipinski definition) is 3. The van der Waals surface area contributed by atoms with Gasteiger partial charge in [-0.1, -0.05) is 37.9 Å². The summed E-state index contributed by atoms with van der Waals surface area (Å²) in [6.45, 7) is 5.57. The van der Waals surface area contributed by atoms with Crippen molar-refractivity contribution in [2.24, 2.45) is 5.92 Å². The van der Waals surface area contributed by atoms with E-state index in [2.05, 4.69) is 0 Å². The summed E-state index contributed by atoms with van der Waals surface area (Å²) < 4.78 is 15.5. The first kappa shape index (κ1) is 21.8. The zero-order chi connectivity index (χ0) is 22.2. The number of nitrogens with zero attached hydrogens (tertiary/aromatic N) is 1. The van der Waals surface area contributed by atoms with Crippen LogP contribution in [0.25, 0.3) is 10.9 Å². The smallest absolute Gasteiger partial charge is 0.311 e. The average Bonchev–Trinajstić information content (AvgIpc) is 2.96. The molecule has 2 atom stereocenters. The number of hydrogen-bond donors (Lipinski definition) is 2. The molecule has 0 bridgehead atoms. The Morgan fingerprint density at radius 2 is 1.93 bits per heavy atom. The van der Waals surface area contributed by atoms with E-state index in [1.165, 1.54) is 16.7 Å². The van der Waals surface area contributed by atoms with Gasteiger partial charge in [0.05, 0.1) is 11.4 Å². The van der Waals surface area contributed by atoms with Gasteiger partial charge in [0.25, 0.3) is 5.91 Å². The summed E-state index contributed by atoms with van der Waals surface area (Å²) in [5.74, 6) is -3.74. The van der Waals surface area contributed by atoms with Crippen molar-refractivity contribution in [3.63, 3.8) is 0 Å². The SMILES string of the molecule is CCC(C)CC(C(=O)O)c1c(C)n(C(=O)c2cccc(Cl)c2)c2cc(F)c(O)cc12. The van der Waals surface area contributed by atoms with Gasteiger partial charge in [0, 0.05) is 27.7 Å². The molecule has 0 aliphatic carbocycles. The Bertz CT molecular complexity index is 1140. The van der Waals surface area contributed by atoms with Crippen LogP contribution in [-0.4, -0.2) is 26.7 Å². The van der Waals surface area contributed by atoms with Crippen LogP contribution in [0.1, 0.15) is 54.2 Å². The third-order valence-electron chi connectivity index (χ3n) is 5.58. The highest BCUT2D eigenvalue weighted by Gasteiger charge is 2.31. The van der Waals surface area contributed by atoms with Gasteiger partial charge < -0.3 is 10.2 Å². The number of aromatic nitrogens is 1. The van der Waals surface area contributed by atoms with E-state index in [4.69, 9.17) is 11.6 Å². The van der Waals surface area contributed by atoms with Crippen molar-refractivity contribution in [3.05, 3.63) is 64.1 Å². The quantitative estimate of drug-likeness (QED) is 0.521. The van der Waals surface area contributed by atoms with E-state index >= 15 is 0 Å². The maximum atomic E-state index is 14.2. The molecule has 1 aromatic heterocycles. The van der Waals surface area contributed by atoms with Crippen molar-refractivity contribution in [1.82, 2.24) is 4.57 Å². The lowest BCUT2D eigenvalue weighted by atomic mass is 9.87. The van der Waals surface area contributed by atoms with Crippen LogP contribution in [0, 0.1) is 18.7 Å². The number of carbonyl (C=O) groups excluding carboxylic acids is 1. The monoisotopic (exact) mass is 431 g/mol. The molecule has 1 heterocycles. The van der Waals surface area contributed by atoms with Crippen molar-refractivity contribution in [3.8, 4) is 5.75 Å². The lowest BCUT2D eigenvalue weighted by molar-refractivity contribution is -0.139. The Kier molecular flexibility index (Phi) is 6.17. The van der Waals surface area contributed by atoms with Gasteiger partial charge >= 0.3 is 5.97 Å². The number of rotatable bonds is 6. The number of phenolic OH excluding ortho intramolecular Hbond substituents is 1. The number of aromatic hydroxyl groups is 1. The molecule has 5 nitrogen and oxygen atoms in total. The molecule has 3 rings (SSSR count). The number of phenols is 1. The third-order valence-corrected chi connectivity index (χ3v) is 5.81. The largest absolute Gasteiger partial charge is 0.505 e. The highest BCUT2D eigenvalue weighted by Crippen LogP contribution is 2.38. The fourth-order valence-electron chi connectivity index (χ4n) is 3.81. The summed E-state index contributed by atoms with van der Waals surface area (Å²) in [5, 5.41) is 20.6. The molecule has 7 heteroatoms. The van der Waals surface area contributed by atoms with Gasteiger partial charge in [-0.25, -0.2) is 4.39 Å². The molecule has 30 heavy (non-hydrogen) atoms. The van der Waals surface area contributed by atoms with Gasteiger partial charge in [0.1, 0.15) is 0 Å². The number of carboxylic acid groups (broad SMARTS) is 1. The topological polar surface area (TPSA) is 79.5 Å². The van der Waals surface area contributed by atoms with E-state index in [0.717, 1.165) is 12.5 Å². The van der Waals surface area contributed by atoms with Gasteiger partial charge in [-0.3, -0.25) is 14.2 Å². The van der Waals surface area contributed by atoms with E-state index in [0.29, 0.717) is 28.1 Å². The summed E-state index contributed by atoms with van der Waals surface area (Å²) in [6, 6.07) is 8.61. The molecule has 0 radical (unpaired) electrons. The molecule has 0 spiro atoms. The maximum Gasteiger partial charge on any atom is 0.311 e. The van der Waals surface area contributed by atoms with Gasteiger partial charge in [-0.2, -0.15) is 0 Å². The summed E-state index contributed by atoms with van der Waals surface area (Å²) in [4.78, 5) is 25.4. The van der Waals surface area contributed by atoms with Crippen LogP contribution < -0.4 is 0 Å². The van der Waals surface area contributed by atoms with E-state index in [1.54, 1.807) is 25.1 Å². The van der Waals surface area contributed by atoms with E-state index in [9.17, 15) is 24.2 Å². The highest BCUT2D eigenvalue weighted by atomic mass is 35.5. The Balaban J connectivity index is 2.31. The van der Waals surface area contributed by atoms with Crippen LogP contribution >= 0.6 is 11.6 Å². The molecular formula is C23H23ClFNO4. The first-order valence-corrected chi connectivity index (χ1v) is 10.1. The Morgan fingerprint density at radius 3 is 2.53 bits per heavy atom. The van der Waals surface area contributed by atoms with Crippen LogP contribution in [0.5, 0.6) is 5.75 Å². The lowest BCUT2D eigenvalue weighted by Crippen LogP contribution is -2.18. The lowest BCUT2D eigenvalue weighted by Gasteiger charge is -2.17. The highest BCUT2D eigenvalue weighted by molar-refractivity contribution is 6.31. The van der Waals surface area contributed by atoms with Gasteiger partial charge in [0.2, 0.25) is 0 Å². The molecule has 158 valence electrons. The normalized spacial score (nSPS) is 13.4. The second kappa shape index (κ2) is 8.48. The van der Waals surface area contributed by atoms with Crippen LogP contribution in [-0.2, 0) is 4.79 Å². The third kappa shape index (κ3) is 3.92. The molecule has 0 amide bonds. The fraction of sp³-hybridized carbons (Fsp3) is 0.304. The molecule has 0 aliphatic heterocycles. The van der Waals surface area contributed by atoms with E-state index < -0.39 is 29.4 Å². The molecule has 0 saturated carbocycles. The molecule has 0 aliphatic rings. The summed E-state index contributed by atoms with van der Waals surface area (Å²) in [5.41, 5.74) is 1.30. The Morgan fingerprint density at radius 1 is 1.23 bits per heavy atom. The van der Waals surface area contributed by atoms with Crippen molar-refractivity contribution >= 4 is 34.4 Å². The van der Waals surface area contributed by atoms with Crippen molar-refractivity contribution in [2.45, 2.75) is 39.5 Å². The second-order valence-electron chi connectivity index (χ2n) is 7.61. The molecule has 2 aromatic carbocycles. The van der Waals surface area contributed by atoms with Crippen molar-refractivity contribution in [1.29, 1.82) is 0 Å². The van der Waals surface area contributed by atoms with Gasteiger partial charge in [-0.05, 0) is 49.1 Å². The first-order valence-electron chi connectivity index (χ1n) is 9.72. The predicted octanol–water partition coefficient (Wildman–Crippen LogP) is 5.74. The minimum Gasteiger partial charge on any atom is -0.505 e. The standard InChI is InChI=1S/C23H23ClFNO4/c1-4-12(2)8-17(23(29)30)21-13(3)26(19-11-18(25)20(27)10-16(19)21)22(28)14-6-5-7-15(24)9-14/h5-7,9-12,17,27H,4,8H2,1-3H3,(H,29,30). The minimum absolute atomic E-state index is 0.126. The van der Waals surface area contributed by atoms with Crippen molar-refractivity contribution in [2.75, 3.05) is 0 Å². The van der Waals surface area contributed by atoms with Crippen LogP contribution in [0.15, 0.2) is 36.4 Å². The average molecular weight is 432 g/mol. The molecule has 0 saturated heterocycles. The molecule has 2 N–H and O–H groups in total. The maximum absolute atomic E-state index is 14.2. The van der Waals surface area contributed by atoms with Gasteiger partial charge in [-0.15, -0.1) is 0 Å². The summed E-state index contributed by atoms with van der Waals surface area (Å²) in [6.07, 6.45) is 1.15. The van der Waals surface area contributed by atoms with Crippen molar-refractivity contribution < 1.29 is 24.2 Å². The Labute approximate surface area is 178 Å². The zero-order valence-corrected chi connectivity index (χ0v) is 17.7. The number of aliphatic carboxylic acids is 1. The van der Waals surface area contributed by atoms with Crippen LogP contribution in [0.2, 0.25) is 5.02 Å². The summed E-state index contributed by atoms with van der Waals surface area (Å²) in [7, 11) is 0. The second-order valence-corrected chi connectivity index (χ2v) is 8.05. The number of halogens is 2. The number of fused-ring (bicyclic) bond motifs is 1. The molecular weight excluding hydrogens is 409 g/mol. The fourth-order valence-corrected chi connectivity index (χ4v) is 4.00. The van der Waals surface area contributed by atoms with Crippen LogP contribution in [0.3, 0.4) is 0 Å². The van der Waals surface area contributed by atoms with E-state index in [-0.39, 0.29) is 17.0 Å². The van der Waals surface area contributed by atoms with Gasteiger partial charge in [0.15, 0.2) is 11.6 Å². The van der Waals surface area contributed by atoms with Crippen LogP contribution in [0.4, 0.5) is 4.39 Å². The number of carbonyl (C=O) groups is 2. The number of carboxylic acids is 1. The first-order chi connectivity index (χ1) is 14.1. The Hall–Kier alpha value is -2.86.